The summed E-state index contributed by atoms with van der Waals surface area (Å²) in [6.07, 6.45) is 4.74. The molecule has 1 aliphatic carbocycles. The number of ether oxygens (including phenoxy) is 1. The maximum Gasteiger partial charge on any atom is 0.224 e. The van der Waals surface area contributed by atoms with E-state index in [4.69, 9.17) is 16.3 Å². The van der Waals surface area contributed by atoms with Gasteiger partial charge in [-0.05, 0) is 37.3 Å². The largest absolute Gasteiger partial charge is 0.378 e. The smallest absolute Gasteiger partial charge is 0.224 e. The lowest BCUT2D eigenvalue weighted by Gasteiger charge is -2.27. The maximum absolute atomic E-state index is 10.4. The monoisotopic (exact) mass is 330 g/mol. The van der Waals surface area contributed by atoms with E-state index in [-0.39, 0.29) is 5.28 Å². The van der Waals surface area contributed by atoms with Gasteiger partial charge in [-0.3, -0.25) is 0 Å². The molecule has 0 radical (unpaired) electrons. The molecule has 1 aromatic rings. The molecule has 1 aliphatic heterocycles. The number of rotatable bonds is 4. The second kappa shape index (κ2) is 7.13. The molecule has 1 saturated carbocycles. The second-order valence-electron chi connectivity index (χ2n) is 5.54. The fourth-order valence-corrected chi connectivity index (χ4v) is 4.67. The first-order chi connectivity index (χ1) is 10.2. The van der Waals surface area contributed by atoms with E-state index in [2.05, 4.69) is 14.9 Å². The van der Waals surface area contributed by atoms with Crippen LogP contribution in [0.4, 0.5) is 5.82 Å². The highest BCUT2D eigenvalue weighted by Crippen LogP contribution is 2.27. The van der Waals surface area contributed by atoms with Crippen molar-refractivity contribution >= 4 is 28.6 Å². The quantitative estimate of drug-likeness (QED) is 0.679. The van der Waals surface area contributed by atoms with Gasteiger partial charge in [-0.25, -0.2) is 9.97 Å². The molecule has 0 aromatic carbocycles. The molecule has 0 bridgehead atoms. The van der Waals surface area contributed by atoms with Crippen LogP contribution in [0.25, 0.3) is 0 Å². The Hall–Kier alpha value is -0.560. The summed E-state index contributed by atoms with van der Waals surface area (Å²) < 4.78 is 15.7. The standard InChI is InChI=1S/C14H21ClN3O2S/c15-14-16-11(10-21(19)12-3-1-2-4-12)9-13(17-14)18-5-7-20-8-6-18/h9,12,19H,1-8,10H2/q+1. The van der Waals surface area contributed by atoms with Gasteiger partial charge in [0.15, 0.2) is 22.2 Å². The van der Waals surface area contributed by atoms with Crippen molar-refractivity contribution in [3.05, 3.63) is 17.0 Å². The van der Waals surface area contributed by atoms with Gasteiger partial charge in [0.1, 0.15) is 5.82 Å². The van der Waals surface area contributed by atoms with E-state index >= 15 is 0 Å². The zero-order chi connectivity index (χ0) is 14.7. The zero-order valence-corrected chi connectivity index (χ0v) is 13.6. The first kappa shape index (κ1) is 15.3. The molecule has 0 spiro atoms. The molecule has 2 aliphatic rings. The Morgan fingerprint density at radius 3 is 2.71 bits per heavy atom. The Balaban J connectivity index is 1.70. The van der Waals surface area contributed by atoms with Gasteiger partial charge in [0, 0.05) is 19.2 Å². The van der Waals surface area contributed by atoms with Gasteiger partial charge in [-0.2, -0.15) is 4.55 Å². The lowest BCUT2D eigenvalue weighted by Crippen LogP contribution is -2.37. The summed E-state index contributed by atoms with van der Waals surface area (Å²) in [5.74, 6) is 1.43. The molecule has 1 aromatic heterocycles. The third-order valence-electron chi connectivity index (χ3n) is 4.06. The van der Waals surface area contributed by atoms with Gasteiger partial charge < -0.3 is 9.64 Å². The van der Waals surface area contributed by atoms with E-state index in [0.717, 1.165) is 37.4 Å². The summed E-state index contributed by atoms with van der Waals surface area (Å²) >= 11 is 5.44. The molecule has 2 heterocycles. The lowest BCUT2D eigenvalue weighted by molar-refractivity contribution is 0.122. The van der Waals surface area contributed by atoms with Gasteiger partial charge in [0.25, 0.3) is 0 Å². The van der Waals surface area contributed by atoms with Crippen LogP contribution in [0, 0.1) is 0 Å². The second-order valence-corrected chi connectivity index (χ2v) is 7.63. The molecular weight excluding hydrogens is 310 g/mol. The number of halogens is 1. The molecule has 1 saturated heterocycles. The van der Waals surface area contributed by atoms with E-state index in [1.54, 1.807) is 0 Å². The number of morpholine rings is 1. The Labute approximate surface area is 133 Å². The number of hydrogen-bond acceptors (Lipinski definition) is 5. The molecule has 21 heavy (non-hydrogen) atoms. The summed E-state index contributed by atoms with van der Waals surface area (Å²) in [6.45, 7) is 3.06. The molecule has 1 unspecified atom stereocenters. The lowest BCUT2D eigenvalue weighted by atomic mass is 10.3. The summed E-state index contributed by atoms with van der Waals surface area (Å²) in [7, 11) is 0. The van der Waals surface area contributed by atoms with Crippen LogP contribution < -0.4 is 4.90 Å². The van der Waals surface area contributed by atoms with Gasteiger partial charge in [-0.15, -0.1) is 0 Å². The Kier molecular flexibility index (Phi) is 5.21. The summed E-state index contributed by atoms with van der Waals surface area (Å²) in [4.78, 5) is 10.8. The fourth-order valence-electron chi connectivity index (χ4n) is 2.91. The minimum atomic E-state index is -0.610. The van der Waals surface area contributed by atoms with Gasteiger partial charge in [0.05, 0.1) is 18.9 Å². The average Bonchev–Trinajstić information content (AvgIpc) is 3.02. The molecular formula is C14H21ClN3O2S+. The van der Waals surface area contributed by atoms with Crippen molar-refractivity contribution in [3.63, 3.8) is 0 Å². The predicted octanol–water partition coefficient (Wildman–Crippen LogP) is 2.50. The SMILES string of the molecule is O[S+](Cc1cc(N2CCOCC2)nc(Cl)n1)C1CCCC1. The number of hydrogen-bond donors (Lipinski definition) is 1. The van der Waals surface area contributed by atoms with Crippen molar-refractivity contribution in [1.82, 2.24) is 9.97 Å². The Bertz CT molecular complexity index is 479. The van der Waals surface area contributed by atoms with Crippen LogP contribution in [0.3, 0.4) is 0 Å². The zero-order valence-electron chi connectivity index (χ0n) is 12.0. The molecule has 0 amide bonds. The number of aromatic nitrogens is 2. The van der Waals surface area contributed by atoms with Crippen LogP contribution >= 0.6 is 11.6 Å². The summed E-state index contributed by atoms with van der Waals surface area (Å²) in [5, 5.41) is 0.697. The Morgan fingerprint density at radius 2 is 2.00 bits per heavy atom. The van der Waals surface area contributed by atoms with Gasteiger partial charge in [-0.1, -0.05) is 0 Å². The third kappa shape index (κ3) is 4.00. The molecule has 1 atom stereocenters. The van der Waals surface area contributed by atoms with Crippen LogP contribution in [-0.2, 0) is 21.7 Å². The van der Waals surface area contributed by atoms with Crippen molar-refractivity contribution in [2.45, 2.75) is 36.7 Å². The van der Waals surface area contributed by atoms with Crippen LogP contribution in [0.2, 0.25) is 5.28 Å². The van der Waals surface area contributed by atoms with Crippen LogP contribution in [-0.4, -0.2) is 46.1 Å². The van der Waals surface area contributed by atoms with Crippen LogP contribution in [0.5, 0.6) is 0 Å². The normalized spacial score (nSPS) is 21.7. The highest BCUT2D eigenvalue weighted by atomic mass is 35.5. The van der Waals surface area contributed by atoms with Crippen molar-refractivity contribution in [2.24, 2.45) is 0 Å². The van der Waals surface area contributed by atoms with Crippen molar-refractivity contribution in [3.8, 4) is 0 Å². The Morgan fingerprint density at radius 1 is 1.29 bits per heavy atom. The highest BCUT2D eigenvalue weighted by molar-refractivity contribution is 7.91. The van der Waals surface area contributed by atoms with Crippen LogP contribution in [0.15, 0.2) is 6.07 Å². The topological polar surface area (TPSA) is 58.5 Å². The molecule has 1 N–H and O–H groups in total. The molecule has 7 heteroatoms. The van der Waals surface area contributed by atoms with E-state index in [9.17, 15) is 4.55 Å². The minimum Gasteiger partial charge on any atom is -0.378 e. The van der Waals surface area contributed by atoms with Crippen molar-refractivity contribution < 1.29 is 9.29 Å². The maximum atomic E-state index is 10.4. The number of nitrogens with zero attached hydrogens (tertiary/aromatic N) is 3. The van der Waals surface area contributed by atoms with E-state index < -0.39 is 11.2 Å². The molecule has 5 nitrogen and oxygen atoms in total. The summed E-state index contributed by atoms with van der Waals surface area (Å²) in [5.41, 5.74) is 0.842. The van der Waals surface area contributed by atoms with Crippen LogP contribution in [0.1, 0.15) is 31.4 Å². The van der Waals surface area contributed by atoms with E-state index in [1.807, 2.05) is 6.07 Å². The molecule has 116 valence electrons. The summed E-state index contributed by atoms with van der Waals surface area (Å²) in [6, 6.07) is 1.96. The van der Waals surface area contributed by atoms with Crippen molar-refractivity contribution in [2.75, 3.05) is 31.2 Å². The van der Waals surface area contributed by atoms with Gasteiger partial charge in [0.2, 0.25) is 5.28 Å². The van der Waals surface area contributed by atoms with E-state index in [1.165, 1.54) is 12.8 Å². The third-order valence-corrected chi connectivity index (χ3v) is 6.06. The van der Waals surface area contributed by atoms with Gasteiger partial charge >= 0.3 is 0 Å². The first-order valence-electron chi connectivity index (χ1n) is 7.47. The van der Waals surface area contributed by atoms with Crippen molar-refractivity contribution in [1.29, 1.82) is 0 Å². The first-order valence-corrected chi connectivity index (χ1v) is 9.26. The molecule has 2 fully saturated rings. The average molecular weight is 331 g/mol. The highest BCUT2D eigenvalue weighted by Gasteiger charge is 2.33. The number of anilines is 1. The minimum absolute atomic E-state index is 0.261. The predicted molar refractivity (Wildman–Crippen MR) is 86.0 cm³/mol. The van der Waals surface area contributed by atoms with E-state index in [0.29, 0.717) is 24.2 Å². The molecule has 3 rings (SSSR count). The fraction of sp³-hybridized carbons (Fsp3) is 0.714.